The van der Waals surface area contributed by atoms with E-state index in [4.69, 9.17) is 11.2 Å². The normalized spacial score (nSPS) is 19.1. The van der Waals surface area contributed by atoms with Crippen LogP contribution >= 0.6 is 11.3 Å². The van der Waals surface area contributed by atoms with Crippen LogP contribution < -0.4 is 10.6 Å². The number of hydrogen-bond acceptors (Lipinski definition) is 9. The van der Waals surface area contributed by atoms with E-state index in [0.717, 1.165) is 19.4 Å². The number of amides is 3. The van der Waals surface area contributed by atoms with Crippen molar-refractivity contribution in [2.45, 2.75) is 110 Å². The SMILES string of the molecule is C#C[C@@H](CC)[C@H](NC(=O)[C@H]1CCCCN1C)C(=O)N(COC(O)CC(C)C)[C@H](C[C@@H](O)c1nc(CC(=O)NC)cs1)C(C)C. The maximum atomic E-state index is 14.5. The first kappa shape index (κ1) is 37.6. The lowest BCUT2D eigenvalue weighted by atomic mass is 9.92. The van der Waals surface area contributed by atoms with Gasteiger partial charge in [0.25, 0.3) is 0 Å². The van der Waals surface area contributed by atoms with Crippen molar-refractivity contribution < 1.29 is 29.3 Å². The molecule has 1 unspecified atom stereocenters. The van der Waals surface area contributed by atoms with Crippen molar-refractivity contribution in [1.82, 2.24) is 25.4 Å². The monoisotopic (exact) mass is 635 g/mol. The Labute approximate surface area is 267 Å². The smallest absolute Gasteiger partial charge is 0.248 e. The van der Waals surface area contributed by atoms with Gasteiger partial charge in [-0.25, -0.2) is 4.98 Å². The van der Waals surface area contributed by atoms with Gasteiger partial charge < -0.3 is 30.5 Å². The number of likely N-dealkylation sites (N-methyl/N-ethyl adjacent to an activating group) is 2. The first-order valence-electron chi connectivity index (χ1n) is 15.7. The number of carbonyl (C=O) groups excluding carboxylic acids is 3. The molecular weight excluding hydrogens is 582 g/mol. The molecule has 0 spiro atoms. The highest BCUT2D eigenvalue weighted by Gasteiger charge is 2.39. The second kappa shape index (κ2) is 18.4. The van der Waals surface area contributed by atoms with E-state index in [1.807, 2.05) is 46.6 Å². The molecule has 0 aromatic carbocycles. The van der Waals surface area contributed by atoms with Crippen LogP contribution in [-0.4, -0.2) is 94.5 Å². The van der Waals surface area contributed by atoms with Gasteiger partial charge in [0.05, 0.1) is 18.2 Å². The number of aliphatic hydroxyl groups is 2. The number of nitrogens with zero attached hydrogens (tertiary/aromatic N) is 3. The Bertz CT molecular complexity index is 1110. The highest BCUT2D eigenvalue weighted by Crippen LogP contribution is 2.29. The number of rotatable bonds is 17. The number of thiazole rings is 1. The summed E-state index contributed by atoms with van der Waals surface area (Å²) in [7, 11) is 3.46. The Balaban J connectivity index is 2.41. The molecule has 1 aromatic rings. The van der Waals surface area contributed by atoms with Gasteiger partial charge in [0.1, 0.15) is 23.9 Å². The molecule has 44 heavy (non-hydrogen) atoms. The van der Waals surface area contributed by atoms with E-state index in [0.29, 0.717) is 30.0 Å². The van der Waals surface area contributed by atoms with Gasteiger partial charge in [-0.05, 0) is 44.7 Å². The topological polar surface area (TPSA) is 144 Å². The molecule has 11 nitrogen and oxygen atoms in total. The maximum Gasteiger partial charge on any atom is 0.248 e. The van der Waals surface area contributed by atoms with E-state index in [-0.39, 0.29) is 49.3 Å². The number of ether oxygens (including phenoxy) is 1. The van der Waals surface area contributed by atoms with Crippen molar-refractivity contribution in [1.29, 1.82) is 0 Å². The summed E-state index contributed by atoms with van der Waals surface area (Å²) in [5.74, 6) is 1.29. The van der Waals surface area contributed by atoms with Crippen LogP contribution in [-0.2, 0) is 25.5 Å². The van der Waals surface area contributed by atoms with Gasteiger partial charge in [-0.1, -0.05) is 41.0 Å². The van der Waals surface area contributed by atoms with E-state index in [9.17, 15) is 24.6 Å². The van der Waals surface area contributed by atoms with E-state index in [2.05, 4.69) is 21.5 Å². The third kappa shape index (κ3) is 11.1. The molecule has 0 radical (unpaired) electrons. The summed E-state index contributed by atoms with van der Waals surface area (Å²) in [5.41, 5.74) is 0.549. The van der Waals surface area contributed by atoms with Crippen LogP contribution in [0.3, 0.4) is 0 Å². The zero-order chi connectivity index (χ0) is 33.0. The lowest BCUT2D eigenvalue weighted by Gasteiger charge is -2.39. The van der Waals surface area contributed by atoms with Crippen LogP contribution in [0.2, 0.25) is 0 Å². The van der Waals surface area contributed by atoms with Crippen LogP contribution in [0.4, 0.5) is 0 Å². The number of aliphatic hydroxyl groups excluding tert-OH is 2. The first-order valence-corrected chi connectivity index (χ1v) is 16.6. The number of piperidine rings is 1. The lowest BCUT2D eigenvalue weighted by Crippen LogP contribution is -2.59. The quantitative estimate of drug-likeness (QED) is 0.151. The van der Waals surface area contributed by atoms with Crippen LogP contribution in [0, 0.1) is 30.1 Å². The molecule has 1 fully saturated rings. The number of hydrogen-bond donors (Lipinski definition) is 4. The molecule has 1 aliphatic heterocycles. The van der Waals surface area contributed by atoms with Crippen molar-refractivity contribution in [3.8, 4) is 12.3 Å². The number of nitrogens with one attached hydrogen (secondary N) is 2. The zero-order valence-electron chi connectivity index (χ0n) is 27.4. The average Bonchev–Trinajstić information content (AvgIpc) is 3.44. The molecule has 2 rings (SSSR count). The Morgan fingerprint density at radius 3 is 2.50 bits per heavy atom. The van der Waals surface area contributed by atoms with Crippen molar-refractivity contribution in [3.63, 3.8) is 0 Å². The lowest BCUT2D eigenvalue weighted by molar-refractivity contribution is -0.170. The third-order valence-electron chi connectivity index (χ3n) is 8.17. The molecule has 12 heteroatoms. The fraction of sp³-hybridized carbons (Fsp3) is 0.750. The Morgan fingerprint density at radius 2 is 1.93 bits per heavy atom. The van der Waals surface area contributed by atoms with Crippen molar-refractivity contribution >= 4 is 29.1 Å². The van der Waals surface area contributed by atoms with Gasteiger partial charge in [0.2, 0.25) is 17.7 Å². The summed E-state index contributed by atoms with van der Waals surface area (Å²) in [5, 5.41) is 29.5. The molecule has 248 valence electrons. The van der Waals surface area contributed by atoms with E-state index in [1.165, 1.54) is 16.2 Å². The summed E-state index contributed by atoms with van der Waals surface area (Å²) in [6, 6.07) is -1.93. The number of terminal acetylenes is 1. The van der Waals surface area contributed by atoms with E-state index < -0.39 is 36.3 Å². The first-order chi connectivity index (χ1) is 20.8. The summed E-state index contributed by atoms with van der Waals surface area (Å²) < 4.78 is 5.80. The number of aromatic nitrogens is 1. The molecule has 0 bridgehead atoms. The van der Waals surface area contributed by atoms with Gasteiger partial charge in [0.15, 0.2) is 6.29 Å². The molecule has 0 aliphatic carbocycles. The molecule has 4 N–H and O–H groups in total. The molecule has 3 amide bonds. The molecule has 1 aromatic heterocycles. The predicted octanol–water partition coefficient (Wildman–Crippen LogP) is 2.68. The number of carbonyl (C=O) groups is 3. The van der Waals surface area contributed by atoms with Crippen molar-refractivity contribution in [2.75, 3.05) is 27.4 Å². The van der Waals surface area contributed by atoms with E-state index in [1.54, 1.807) is 12.4 Å². The van der Waals surface area contributed by atoms with Crippen molar-refractivity contribution in [2.24, 2.45) is 17.8 Å². The van der Waals surface area contributed by atoms with Crippen LogP contribution in [0.25, 0.3) is 0 Å². The van der Waals surface area contributed by atoms with Gasteiger partial charge in [-0.2, -0.15) is 0 Å². The molecule has 1 aliphatic rings. The summed E-state index contributed by atoms with van der Waals surface area (Å²) in [6.07, 6.45) is 7.45. The minimum atomic E-state index is -1.10. The molecule has 6 atom stereocenters. The molecule has 1 saturated heterocycles. The van der Waals surface area contributed by atoms with Gasteiger partial charge in [-0.3, -0.25) is 19.3 Å². The standard InChI is InChI=1S/C32H53N5O6S/c1-9-22(10-2)29(35-30(41)24-13-11-12-14-36(24)8)32(42)37(19-43-28(40)15-20(3)4)25(21(5)6)17-26(38)31-34-23(18-44-31)16-27(39)33-7/h1,18,20-22,24-26,28-29,38,40H,10-17,19H2,2-8H3,(H,33,39)(H,35,41)/t22-,24+,25+,26+,28?,29-/m0/s1. The summed E-state index contributed by atoms with van der Waals surface area (Å²) >= 11 is 1.25. The average molecular weight is 636 g/mol. The number of likely N-dealkylation sites (tertiary alicyclic amines) is 1. The summed E-state index contributed by atoms with van der Waals surface area (Å²) in [6.45, 7) is 10.2. The highest BCUT2D eigenvalue weighted by atomic mass is 32.1. The van der Waals surface area contributed by atoms with E-state index >= 15 is 0 Å². The zero-order valence-corrected chi connectivity index (χ0v) is 28.2. The maximum absolute atomic E-state index is 14.5. The summed E-state index contributed by atoms with van der Waals surface area (Å²) in [4.78, 5) is 47.7. The Hall–Kier alpha value is -2.56. The van der Waals surface area contributed by atoms with Gasteiger partial charge in [0, 0.05) is 37.2 Å². The van der Waals surface area contributed by atoms with Gasteiger partial charge >= 0.3 is 0 Å². The van der Waals surface area contributed by atoms with Gasteiger partial charge in [-0.15, -0.1) is 23.7 Å². The highest BCUT2D eigenvalue weighted by molar-refractivity contribution is 7.09. The fourth-order valence-electron chi connectivity index (χ4n) is 5.48. The second-order valence-corrected chi connectivity index (χ2v) is 13.3. The molecule has 0 saturated carbocycles. The minimum Gasteiger partial charge on any atom is -0.386 e. The molecular formula is C32H53N5O6S. The van der Waals surface area contributed by atoms with Crippen LogP contribution in [0.5, 0.6) is 0 Å². The minimum absolute atomic E-state index is 0.0988. The third-order valence-corrected chi connectivity index (χ3v) is 9.16. The Kier molecular flexibility index (Phi) is 15.8. The second-order valence-electron chi connectivity index (χ2n) is 12.4. The largest absolute Gasteiger partial charge is 0.386 e. The van der Waals surface area contributed by atoms with Crippen LogP contribution in [0.1, 0.15) is 89.9 Å². The fourth-order valence-corrected chi connectivity index (χ4v) is 6.29. The molecule has 2 heterocycles. The Morgan fingerprint density at radius 1 is 1.23 bits per heavy atom. The van der Waals surface area contributed by atoms with Crippen molar-refractivity contribution in [3.05, 3.63) is 16.1 Å². The van der Waals surface area contributed by atoms with Crippen LogP contribution in [0.15, 0.2) is 5.38 Å². The predicted molar refractivity (Wildman–Crippen MR) is 171 cm³/mol.